The van der Waals surface area contributed by atoms with Crippen molar-refractivity contribution in [2.45, 2.75) is 33.5 Å². The van der Waals surface area contributed by atoms with Gasteiger partial charge in [0.2, 0.25) is 0 Å². The number of fused-ring (bicyclic) bond motifs is 2. The predicted molar refractivity (Wildman–Crippen MR) is 147 cm³/mol. The van der Waals surface area contributed by atoms with Crippen molar-refractivity contribution in [3.63, 3.8) is 0 Å². The molecule has 0 spiro atoms. The molecular weight excluding hydrogens is 684 g/mol. The van der Waals surface area contributed by atoms with Gasteiger partial charge in [0, 0.05) is 0 Å². The molecule has 0 saturated heterocycles. The first-order valence-corrected chi connectivity index (χ1v) is 16.0. The molecule has 2 atom stereocenters. The van der Waals surface area contributed by atoms with E-state index in [0.717, 1.165) is 57.6 Å². The van der Waals surface area contributed by atoms with Crippen LogP contribution in [0.25, 0.3) is 34.4 Å². The second-order valence-corrected chi connectivity index (χ2v) is 14.2. The molecule has 4 aromatic carbocycles. The Hall–Kier alpha value is -2.60. The van der Waals surface area contributed by atoms with Crippen LogP contribution in [0.15, 0.2) is 96.1 Å². The van der Waals surface area contributed by atoms with Gasteiger partial charge in [0.25, 0.3) is 0 Å². The van der Waals surface area contributed by atoms with Crippen LogP contribution in [0.5, 0.6) is 0 Å². The minimum atomic E-state index is -4.37. The molecule has 2 aliphatic carbocycles. The number of alkyl halides is 6. The molecular formula is C34H24Cl2F6Zr. The molecule has 0 nitrogen and oxygen atoms in total. The van der Waals surface area contributed by atoms with E-state index in [4.69, 9.17) is 0 Å². The standard InChI is InChI=1S/2C17H12F3.2ClH.Zr/c2*1-11-9-13-3-2-4-15(16(13)10-11)12-5-7-14(8-6-12)17(18,19)20;;;/h2*2-10H,1H3;2*1H;/q;;;;+2/p-2. The number of halogens is 8. The summed E-state index contributed by atoms with van der Waals surface area (Å²) in [5.74, 6) is 0. The van der Waals surface area contributed by atoms with Crippen LogP contribution < -0.4 is 24.8 Å². The third-order valence-corrected chi connectivity index (χ3v) is 13.3. The largest absolute Gasteiger partial charge is 1.00 e. The van der Waals surface area contributed by atoms with Crippen molar-refractivity contribution in [1.82, 2.24) is 0 Å². The minimum Gasteiger partial charge on any atom is -1.00 e. The average Bonchev–Trinajstić information content (AvgIpc) is 3.43. The van der Waals surface area contributed by atoms with Crippen LogP contribution in [0.3, 0.4) is 0 Å². The van der Waals surface area contributed by atoms with Crippen molar-refractivity contribution in [2.24, 2.45) is 0 Å². The van der Waals surface area contributed by atoms with Crippen LogP contribution in [-0.4, -0.2) is 0 Å². The number of allylic oxidation sites excluding steroid dienone is 2. The molecule has 43 heavy (non-hydrogen) atoms. The van der Waals surface area contributed by atoms with E-state index in [1.807, 2.05) is 24.3 Å². The quantitative estimate of drug-likeness (QED) is 0.269. The van der Waals surface area contributed by atoms with Crippen molar-refractivity contribution in [3.8, 4) is 22.3 Å². The maximum Gasteiger partial charge on any atom is -1.00 e. The Morgan fingerprint density at radius 1 is 0.512 bits per heavy atom. The van der Waals surface area contributed by atoms with Crippen LogP contribution in [-0.2, 0) is 35.6 Å². The summed E-state index contributed by atoms with van der Waals surface area (Å²) in [7, 11) is 0. The fraction of sp³-hybridized carbons (Fsp3) is 0.176. The molecule has 2 aliphatic rings. The molecule has 0 fully saturated rings. The summed E-state index contributed by atoms with van der Waals surface area (Å²) in [6, 6.07) is 22.8. The first-order valence-electron chi connectivity index (χ1n) is 13.2. The molecule has 0 radical (unpaired) electrons. The molecule has 0 aliphatic heterocycles. The molecule has 0 heterocycles. The monoisotopic (exact) mass is 706 g/mol. The van der Waals surface area contributed by atoms with E-state index >= 15 is 0 Å². The van der Waals surface area contributed by atoms with Crippen LogP contribution in [0, 0.1) is 0 Å². The molecule has 6 rings (SSSR count). The topological polar surface area (TPSA) is 0 Å². The van der Waals surface area contributed by atoms with E-state index in [2.05, 4.69) is 38.1 Å². The first-order chi connectivity index (χ1) is 19.4. The van der Waals surface area contributed by atoms with E-state index in [1.165, 1.54) is 46.5 Å². The van der Waals surface area contributed by atoms with Gasteiger partial charge in [0.1, 0.15) is 0 Å². The first kappa shape index (κ1) is 33.3. The van der Waals surface area contributed by atoms with Gasteiger partial charge in [-0.2, -0.15) is 0 Å². The van der Waals surface area contributed by atoms with Gasteiger partial charge in [-0.25, -0.2) is 0 Å². The van der Waals surface area contributed by atoms with E-state index in [-0.39, 0.29) is 24.8 Å². The van der Waals surface area contributed by atoms with Crippen molar-refractivity contribution in [3.05, 3.63) is 129 Å². The Balaban J connectivity index is 0.00000212. The fourth-order valence-corrected chi connectivity index (χ4v) is 10.5. The molecule has 0 N–H and O–H groups in total. The van der Waals surface area contributed by atoms with Crippen LogP contribution >= 0.6 is 0 Å². The number of hydrogen-bond acceptors (Lipinski definition) is 0. The Morgan fingerprint density at radius 3 is 1.19 bits per heavy atom. The molecule has 0 aromatic heterocycles. The van der Waals surface area contributed by atoms with Gasteiger partial charge in [-0.3, -0.25) is 0 Å². The van der Waals surface area contributed by atoms with E-state index in [0.29, 0.717) is 7.25 Å². The molecule has 0 bridgehead atoms. The van der Waals surface area contributed by atoms with E-state index < -0.39 is 46.7 Å². The third kappa shape index (κ3) is 6.32. The Kier molecular flexibility index (Phi) is 9.62. The summed E-state index contributed by atoms with van der Waals surface area (Å²) in [6.07, 6.45) is -4.38. The summed E-state index contributed by atoms with van der Waals surface area (Å²) in [6.45, 7) is 4.27. The summed E-state index contributed by atoms with van der Waals surface area (Å²) < 4.78 is 79.2. The van der Waals surface area contributed by atoms with Crippen LogP contribution in [0.2, 0.25) is 0 Å². The molecule has 9 heteroatoms. The van der Waals surface area contributed by atoms with Crippen molar-refractivity contribution in [2.75, 3.05) is 0 Å². The van der Waals surface area contributed by atoms with Gasteiger partial charge in [0.15, 0.2) is 0 Å². The predicted octanol–water partition coefficient (Wildman–Crippen LogP) is 4.76. The Bertz CT molecular complexity index is 1570. The average molecular weight is 709 g/mol. The maximum absolute atomic E-state index is 13.1. The normalized spacial score (nSPS) is 17.1. The fourth-order valence-electron chi connectivity index (χ4n) is 5.89. The van der Waals surface area contributed by atoms with Crippen LogP contribution in [0.4, 0.5) is 26.3 Å². The van der Waals surface area contributed by atoms with Crippen molar-refractivity contribution in [1.29, 1.82) is 0 Å². The molecule has 4 aromatic rings. The van der Waals surface area contributed by atoms with Gasteiger partial charge >= 0.3 is 247 Å². The zero-order chi connectivity index (χ0) is 29.1. The van der Waals surface area contributed by atoms with Gasteiger partial charge in [0.05, 0.1) is 0 Å². The number of rotatable bonds is 4. The smallest absolute Gasteiger partial charge is 1.00 e. The zero-order valence-electron chi connectivity index (χ0n) is 22.9. The Morgan fingerprint density at radius 2 is 0.860 bits per heavy atom. The van der Waals surface area contributed by atoms with E-state index in [9.17, 15) is 26.3 Å². The van der Waals surface area contributed by atoms with Gasteiger partial charge in [-0.1, -0.05) is 0 Å². The molecule has 0 amide bonds. The number of benzene rings is 4. The summed E-state index contributed by atoms with van der Waals surface area (Å²) in [4.78, 5) is 0. The van der Waals surface area contributed by atoms with Crippen molar-refractivity contribution >= 4 is 12.2 Å². The maximum atomic E-state index is 13.1. The number of hydrogen-bond donors (Lipinski definition) is 0. The summed E-state index contributed by atoms with van der Waals surface area (Å²) in [5.41, 5.74) is 9.21. The zero-order valence-corrected chi connectivity index (χ0v) is 26.9. The third-order valence-electron chi connectivity index (χ3n) is 7.94. The van der Waals surface area contributed by atoms with Gasteiger partial charge in [-0.05, 0) is 0 Å². The van der Waals surface area contributed by atoms with Gasteiger partial charge < -0.3 is 24.8 Å². The van der Waals surface area contributed by atoms with Gasteiger partial charge in [-0.15, -0.1) is 0 Å². The molecule has 220 valence electrons. The molecule has 2 unspecified atom stereocenters. The summed E-state index contributed by atoms with van der Waals surface area (Å²) in [5, 5.41) is 0. The molecule has 0 saturated carbocycles. The second kappa shape index (κ2) is 12.4. The minimum absolute atomic E-state index is 0. The van der Waals surface area contributed by atoms with Crippen molar-refractivity contribution < 1.29 is 74.4 Å². The van der Waals surface area contributed by atoms with E-state index in [1.54, 1.807) is 0 Å². The Labute approximate surface area is 270 Å². The van der Waals surface area contributed by atoms with Crippen LogP contribution in [0.1, 0.15) is 54.5 Å². The second-order valence-electron chi connectivity index (χ2n) is 10.6. The summed E-state index contributed by atoms with van der Waals surface area (Å²) >= 11 is -1.19. The SMILES string of the molecule is CC1=Cc2c(-c3ccc(C(F)(F)F)cc3)cccc2[CH]1[Zr+2][CH]1C(C)=Cc2c(-c3ccc(C(F)(F)F)cc3)cccc21.[Cl-].[Cl-].